The summed E-state index contributed by atoms with van der Waals surface area (Å²) in [5.74, 6) is -0.0446. The Kier molecular flexibility index (Phi) is 4.33. The summed E-state index contributed by atoms with van der Waals surface area (Å²) in [4.78, 5) is 20.9. The Hall–Kier alpha value is -1.06. The largest absolute Gasteiger partial charge is 0.358 e. The summed E-state index contributed by atoms with van der Waals surface area (Å²) in [6.45, 7) is 6.14. The first-order chi connectivity index (χ1) is 5.45. The number of rotatable bonds is 4. The van der Waals surface area contributed by atoms with E-state index in [2.05, 4.69) is 10.6 Å². The van der Waals surface area contributed by atoms with E-state index in [0.717, 1.165) is 0 Å². The van der Waals surface area contributed by atoms with E-state index in [0.29, 0.717) is 19.4 Å². The standard InChI is InChI=1S/C8H16N2O2/c1-8(2,3)10-7(12)4-5-9-6-11/h6H,4-5H2,1-3H3,(H,9,11)(H,10,12). The third-order valence-electron chi connectivity index (χ3n) is 1.09. The van der Waals surface area contributed by atoms with Gasteiger partial charge in [-0.15, -0.1) is 0 Å². The van der Waals surface area contributed by atoms with Crippen molar-refractivity contribution in [3.05, 3.63) is 0 Å². The van der Waals surface area contributed by atoms with Crippen LogP contribution in [0.4, 0.5) is 0 Å². The summed E-state index contributed by atoms with van der Waals surface area (Å²) in [7, 11) is 0. The van der Waals surface area contributed by atoms with E-state index in [1.165, 1.54) is 0 Å². The minimum atomic E-state index is -0.196. The molecule has 0 fully saturated rings. The molecular weight excluding hydrogens is 156 g/mol. The Bertz CT molecular complexity index is 161. The molecule has 0 unspecified atom stereocenters. The van der Waals surface area contributed by atoms with Crippen LogP contribution in [0.15, 0.2) is 0 Å². The lowest BCUT2D eigenvalue weighted by Gasteiger charge is -2.20. The van der Waals surface area contributed by atoms with Gasteiger partial charge in [0.15, 0.2) is 0 Å². The normalized spacial score (nSPS) is 10.6. The van der Waals surface area contributed by atoms with Crippen LogP contribution >= 0.6 is 0 Å². The molecule has 0 aliphatic rings. The molecule has 0 saturated heterocycles. The average Bonchev–Trinajstić information content (AvgIpc) is 1.84. The second-order valence-electron chi connectivity index (χ2n) is 3.62. The third kappa shape index (κ3) is 7.05. The molecule has 12 heavy (non-hydrogen) atoms. The van der Waals surface area contributed by atoms with Gasteiger partial charge in [-0.2, -0.15) is 0 Å². The van der Waals surface area contributed by atoms with Crippen LogP contribution in [0.25, 0.3) is 0 Å². The molecule has 2 N–H and O–H groups in total. The molecule has 0 aromatic carbocycles. The maximum Gasteiger partial charge on any atom is 0.222 e. The highest BCUT2D eigenvalue weighted by molar-refractivity contribution is 5.77. The number of hydrogen-bond acceptors (Lipinski definition) is 2. The SMILES string of the molecule is CC(C)(C)NC(=O)CCNC=O. The first kappa shape index (κ1) is 10.9. The van der Waals surface area contributed by atoms with E-state index in [1.807, 2.05) is 20.8 Å². The molecule has 0 atom stereocenters. The van der Waals surface area contributed by atoms with E-state index in [-0.39, 0.29) is 11.4 Å². The van der Waals surface area contributed by atoms with Gasteiger partial charge in [-0.25, -0.2) is 0 Å². The molecule has 70 valence electrons. The minimum Gasteiger partial charge on any atom is -0.358 e. The van der Waals surface area contributed by atoms with Crippen molar-refractivity contribution in [1.82, 2.24) is 10.6 Å². The van der Waals surface area contributed by atoms with Crippen molar-refractivity contribution in [1.29, 1.82) is 0 Å². The lowest BCUT2D eigenvalue weighted by Crippen LogP contribution is -2.41. The van der Waals surface area contributed by atoms with Gasteiger partial charge in [-0.3, -0.25) is 9.59 Å². The molecule has 4 heteroatoms. The maximum absolute atomic E-state index is 11.1. The molecule has 0 heterocycles. The number of carbonyl (C=O) groups is 2. The van der Waals surface area contributed by atoms with Crippen molar-refractivity contribution in [2.75, 3.05) is 6.54 Å². The van der Waals surface area contributed by atoms with Crippen LogP contribution in [-0.2, 0) is 9.59 Å². The molecule has 2 amide bonds. The van der Waals surface area contributed by atoms with Crippen molar-refractivity contribution in [3.63, 3.8) is 0 Å². The Labute approximate surface area is 72.7 Å². The Balaban J connectivity index is 3.53. The zero-order valence-corrected chi connectivity index (χ0v) is 7.81. The highest BCUT2D eigenvalue weighted by atomic mass is 16.2. The van der Waals surface area contributed by atoms with Crippen LogP contribution < -0.4 is 10.6 Å². The van der Waals surface area contributed by atoms with Crippen LogP contribution in [0, 0.1) is 0 Å². The van der Waals surface area contributed by atoms with Crippen LogP contribution in [0.3, 0.4) is 0 Å². The average molecular weight is 172 g/mol. The molecule has 0 rings (SSSR count). The summed E-state index contributed by atoms with van der Waals surface area (Å²) < 4.78 is 0. The van der Waals surface area contributed by atoms with E-state index in [9.17, 15) is 9.59 Å². The van der Waals surface area contributed by atoms with Gasteiger partial charge >= 0.3 is 0 Å². The Morgan fingerprint density at radius 1 is 1.42 bits per heavy atom. The first-order valence-electron chi connectivity index (χ1n) is 3.94. The third-order valence-corrected chi connectivity index (χ3v) is 1.09. The Morgan fingerprint density at radius 3 is 2.42 bits per heavy atom. The van der Waals surface area contributed by atoms with Crippen molar-refractivity contribution in [2.24, 2.45) is 0 Å². The fourth-order valence-corrected chi connectivity index (χ4v) is 0.725. The second-order valence-corrected chi connectivity index (χ2v) is 3.62. The van der Waals surface area contributed by atoms with E-state index >= 15 is 0 Å². The smallest absolute Gasteiger partial charge is 0.222 e. The molecule has 0 aliphatic carbocycles. The Morgan fingerprint density at radius 2 is 2.00 bits per heavy atom. The van der Waals surface area contributed by atoms with Gasteiger partial charge in [0.25, 0.3) is 0 Å². The van der Waals surface area contributed by atoms with Crippen molar-refractivity contribution in [3.8, 4) is 0 Å². The lowest BCUT2D eigenvalue weighted by atomic mass is 10.1. The quantitative estimate of drug-likeness (QED) is 0.464. The fourth-order valence-electron chi connectivity index (χ4n) is 0.725. The van der Waals surface area contributed by atoms with E-state index < -0.39 is 0 Å². The van der Waals surface area contributed by atoms with Crippen molar-refractivity contribution >= 4 is 12.3 Å². The molecule has 0 radical (unpaired) electrons. The summed E-state index contributed by atoms with van der Waals surface area (Å²) in [6, 6.07) is 0. The first-order valence-corrected chi connectivity index (χ1v) is 3.94. The van der Waals surface area contributed by atoms with Crippen molar-refractivity contribution < 1.29 is 9.59 Å². The van der Waals surface area contributed by atoms with Crippen LogP contribution in [-0.4, -0.2) is 24.4 Å². The van der Waals surface area contributed by atoms with Gasteiger partial charge in [0.2, 0.25) is 12.3 Å². The molecule has 0 bridgehead atoms. The monoisotopic (exact) mass is 172 g/mol. The van der Waals surface area contributed by atoms with Gasteiger partial charge in [-0.1, -0.05) is 0 Å². The molecular formula is C8H16N2O2. The van der Waals surface area contributed by atoms with Gasteiger partial charge in [-0.05, 0) is 20.8 Å². The summed E-state index contributed by atoms with van der Waals surface area (Å²) >= 11 is 0. The summed E-state index contributed by atoms with van der Waals surface area (Å²) in [5.41, 5.74) is -0.196. The second kappa shape index (κ2) is 4.74. The van der Waals surface area contributed by atoms with E-state index in [4.69, 9.17) is 0 Å². The molecule has 0 saturated carbocycles. The van der Waals surface area contributed by atoms with Gasteiger partial charge in [0.05, 0.1) is 0 Å². The molecule has 0 aliphatic heterocycles. The highest BCUT2D eigenvalue weighted by Gasteiger charge is 2.12. The lowest BCUT2D eigenvalue weighted by molar-refractivity contribution is -0.122. The van der Waals surface area contributed by atoms with Gasteiger partial charge < -0.3 is 10.6 Å². The molecule has 0 aromatic heterocycles. The van der Waals surface area contributed by atoms with Gasteiger partial charge in [0, 0.05) is 18.5 Å². The van der Waals surface area contributed by atoms with Crippen LogP contribution in [0.2, 0.25) is 0 Å². The number of carbonyl (C=O) groups excluding carboxylic acids is 2. The maximum atomic E-state index is 11.1. The van der Waals surface area contributed by atoms with Gasteiger partial charge in [0.1, 0.15) is 0 Å². The predicted octanol–water partition coefficient (Wildman–Crippen LogP) is 0.0372. The molecule has 0 spiro atoms. The molecule has 4 nitrogen and oxygen atoms in total. The number of hydrogen-bond donors (Lipinski definition) is 2. The topological polar surface area (TPSA) is 58.2 Å². The fraction of sp³-hybridized carbons (Fsp3) is 0.750. The highest BCUT2D eigenvalue weighted by Crippen LogP contribution is 1.98. The van der Waals surface area contributed by atoms with E-state index in [1.54, 1.807) is 0 Å². The zero-order chi connectivity index (χ0) is 9.61. The molecule has 0 aromatic rings. The number of amides is 2. The predicted molar refractivity (Wildman–Crippen MR) is 46.6 cm³/mol. The number of nitrogens with one attached hydrogen (secondary N) is 2. The minimum absolute atomic E-state index is 0.0446. The van der Waals surface area contributed by atoms with Crippen molar-refractivity contribution in [2.45, 2.75) is 32.7 Å². The zero-order valence-electron chi connectivity index (χ0n) is 7.81. The van der Waals surface area contributed by atoms with Crippen LogP contribution in [0.5, 0.6) is 0 Å². The summed E-state index contributed by atoms with van der Waals surface area (Å²) in [6.07, 6.45) is 0.917. The van der Waals surface area contributed by atoms with Crippen LogP contribution in [0.1, 0.15) is 27.2 Å². The summed E-state index contributed by atoms with van der Waals surface area (Å²) in [5, 5.41) is 5.21.